The minimum absolute atomic E-state index is 0.0672. The van der Waals surface area contributed by atoms with Crippen LogP contribution in [0.3, 0.4) is 0 Å². The lowest BCUT2D eigenvalue weighted by Crippen LogP contribution is -2.54. The maximum atomic E-state index is 13.5. The molecule has 1 aliphatic carbocycles. The van der Waals surface area contributed by atoms with Crippen molar-refractivity contribution in [3.8, 4) is 0 Å². The van der Waals surface area contributed by atoms with Crippen LogP contribution in [0.15, 0.2) is 35.2 Å². The number of amides is 1. The van der Waals surface area contributed by atoms with Gasteiger partial charge in [0.15, 0.2) is 14.6 Å². The molecule has 31 heavy (non-hydrogen) atoms. The van der Waals surface area contributed by atoms with Crippen molar-refractivity contribution in [3.05, 3.63) is 30.3 Å². The summed E-state index contributed by atoms with van der Waals surface area (Å²) in [6.07, 6.45) is 2.90. The van der Waals surface area contributed by atoms with E-state index < -0.39 is 26.2 Å². The third-order valence-electron chi connectivity index (χ3n) is 6.72. The molecule has 1 saturated carbocycles. The van der Waals surface area contributed by atoms with Gasteiger partial charge in [-0.2, -0.15) is 0 Å². The van der Waals surface area contributed by atoms with E-state index >= 15 is 0 Å². The summed E-state index contributed by atoms with van der Waals surface area (Å²) in [5.74, 6) is -0.683. The molecule has 3 rings (SSSR count). The molecule has 1 heterocycles. The van der Waals surface area contributed by atoms with Crippen molar-refractivity contribution in [1.82, 2.24) is 4.90 Å². The molecule has 1 aromatic carbocycles. The molecule has 0 bridgehead atoms. The normalized spacial score (nSPS) is 20.8. The molecule has 172 valence electrons. The fraction of sp³-hybridized carbons (Fsp3) is 0.652. The Kier molecular flexibility index (Phi) is 6.42. The van der Waals surface area contributed by atoms with Crippen molar-refractivity contribution < 1.29 is 27.5 Å². The largest absolute Gasteiger partial charge is 0.468 e. The fourth-order valence-electron chi connectivity index (χ4n) is 4.77. The highest BCUT2D eigenvalue weighted by atomic mass is 32.2. The topological polar surface area (TPSA) is 90.0 Å². The van der Waals surface area contributed by atoms with E-state index in [9.17, 15) is 18.0 Å². The van der Waals surface area contributed by atoms with Crippen LogP contribution in [0.2, 0.25) is 0 Å². The van der Waals surface area contributed by atoms with Gasteiger partial charge in [0.2, 0.25) is 0 Å². The second kappa shape index (κ2) is 8.45. The number of carbonyl (C=O) groups is 2. The van der Waals surface area contributed by atoms with Crippen LogP contribution in [0.1, 0.15) is 59.3 Å². The van der Waals surface area contributed by atoms with Gasteiger partial charge in [-0.1, -0.05) is 18.2 Å². The van der Waals surface area contributed by atoms with Crippen LogP contribution in [0, 0.1) is 5.41 Å². The van der Waals surface area contributed by atoms with Crippen molar-refractivity contribution in [1.29, 1.82) is 0 Å². The molecular weight excluding hydrogens is 418 g/mol. The Morgan fingerprint density at radius 2 is 1.48 bits per heavy atom. The zero-order valence-electron chi connectivity index (χ0n) is 18.8. The lowest BCUT2D eigenvalue weighted by molar-refractivity contribution is -0.145. The third kappa shape index (κ3) is 4.59. The Labute approximate surface area is 185 Å². The number of benzene rings is 1. The number of piperidine rings is 1. The monoisotopic (exact) mass is 451 g/mol. The average Bonchev–Trinajstić information content (AvgIpc) is 2.73. The van der Waals surface area contributed by atoms with Gasteiger partial charge in [-0.15, -0.1) is 0 Å². The maximum Gasteiger partial charge on any atom is 0.410 e. The van der Waals surface area contributed by atoms with Crippen molar-refractivity contribution in [2.75, 3.05) is 20.2 Å². The molecule has 1 aliphatic heterocycles. The van der Waals surface area contributed by atoms with E-state index in [-0.39, 0.29) is 29.2 Å². The quantitative estimate of drug-likeness (QED) is 0.646. The van der Waals surface area contributed by atoms with E-state index in [0.717, 1.165) is 12.8 Å². The third-order valence-corrected chi connectivity index (χ3v) is 9.22. The number of hydrogen-bond donors (Lipinski definition) is 0. The van der Waals surface area contributed by atoms with E-state index in [1.165, 1.54) is 19.2 Å². The fourth-order valence-corrected chi connectivity index (χ4v) is 6.78. The minimum Gasteiger partial charge on any atom is -0.468 e. The maximum absolute atomic E-state index is 13.5. The average molecular weight is 452 g/mol. The summed E-state index contributed by atoms with van der Waals surface area (Å²) in [6, 6.07) is 8.13. The highest BCUT2D eigenvalue weighted by Gasteiger charge is 2.57. The van der Waals surface area contributed by atoms with E-state index in [1.807, 2.05) is 20.8 Å². The van der Waals surface area contributed by atoms with E-state index in [4.69, 9.17) is 9.47 Å². The van der Waals surface area contributed by atoms with Gasteiger partial charge in [0.25, 0.3) is 0 Å². The number of likely N-dealkylation sites (tertiary alicyclic amines) is 1. The molecule has 0 atom stereocenters. The number of carbonyl (C=O) groups excluding carboxylic acids is 2. The van der Waals surface area contributed by atoms with Crippen molar-refractivity contribution in [3.63, 3.8) is 0 Å². The first-order valence-corrected chi connectivity index (χ1v) is 12.3. The van der Waals surface area contributed by atoms with Gasteiger partial charge in [0.05, 0.1) is 12.0 Å². The van der Waals surface area contributed by atoms with E-state index in [0.29, 0.717) is 25.9 Å². The second-order valence-corrected chi connectivity index (χ2v) is 12.0. The standard InChI is InChI=1S/C23H33NO6S/c1-21(2,3)30-20(26)24-16-14-22(15-17-24)10-12-23(13-11-22,19(25)29-4)31(27,28)18-8-6-5-7-9-18/h5-9H,10-17H2,1-4H3. The van der Waals surface area contributed by atoms with Crippen molar-refractivity contribution in [2.24, 2.45) is 5.41 Å². The Balaban J connectivity index is 1.74. The first-order chi connectivity index (χ1) is 14.4. The lowest BCUT2D eigenvalue weighted by atomic mass is 9.65. The Hall–Kier alpha value is -2.09. The summed E-state index contributed by atoms with van der Waals surface area (Å²) >= 11 is 0. The molecule has 0 unspecified atom stereocenters. The molecule has 2 aliphatic rings. The summed E-state index contributed by atoms with van der Waals surface area (Å²) in [7, 11) is -2.65. The van der Waals surface area contributed by atoms with E-state index in [1.54, 1.807) is 23.1 Å². The van der Waals surface area contributed by atoms with Crippen molar-refractivity contribution >= 4 is 21.9 Å². The summed E-state index contributed by atoms with van der Waals surface area (Å²) in [5, 5.41) is 0. The summed E-state index contributed by atoms with van der Waals surface area (Å²) < 4.78 is 35.9. The highest BCUT2D eigenvalue weighted by molar-refractivity contribution is 7.93. The number of ether oxygens (including phenoxy) is 2. The number of esters is 1. The van der Waals surface area contributed by atoms with Gasteiger partial charge >= 0.3 is 12.1 Å². The number of hydrogen-bond acceptors (Lipinski definition) is 6. The van der Waals surface area contributed by atoms with Crippen LogP contribution in [-0.2, 0) is 24.1 Å². The molecule has 7 nitrogen and oxygen atoms in total. The van der Waals surface area contributed by atoms with Crippen LogP contribution >= 0.6 is 0 Å². The van der Waals surface area contributed by atoms with E-state index in [2.05, 4.69) is 0 Å². The Morgan fingerprint density at radius 3 is 1.97 bits per heavy atom. The van der Waals surface area contributed by atoms with Gasteiger partial charge in [0.1, 0.15) is 5.60 Å². The molecule has 2 fully saturated rings. The Bertz CT molecular complexity index is 901. The molecule has 1 spiro atoms. The van der Waals surface area contributed by atoms with Crippen LogP contribution in [0.5, 0.6) is 0 Å². The molecule has 1 amide bonds. The predicted octanol–water partition coefficient (Wildman–Crippen LogP) is 3.96. The molecule has 1 saturated heterocycles. The highest BCUT2D eigenvalue weighted by Crippen LogP contribution is 2.51. The van der Waals surface area contributed by atoms with Crippen LogP contribution < -0.4 is 0 Å². The SMILES string of the molecule is COC(=O)C1(S(=O)(=O)c2ccccc2)CCC2(CCN(C(=O)OC(C)(C)C)CC2)CC1. The summed E-state index contributed by atoms with van der Waals surface area (Å²) in [6.45, 7) is 6.68. The second-order valence-electron chi connectivity index (χ2n) is 9.77. The number of nitrogens with zero attached hydrogens (tertiary/aromatic N) is 1. The van der Waals surface area contributed by atoms with Crippen LogP contribution in [0.25, 0.3) is 0 Å². The number of methoxy groups -OCH3 is 1. The first-order valence-electron chi connectivity index (χ1n) is 10.8. The van der Waals surface area contributed by atoms with Crippen molar-refractivity contribution in [2.45, 2.75) is 74.5 Å². The molecule has 1 aromatic rings. The van der Waals surface area contributed by atoms with Gasteiger partial charge < -0.3 is 14.4 Å². The van der Waals surface area contributed by atoms with Gasteiger partial charge in [-0.05, 0) is 76.8 Å². The predicted molar refractivity (Wildman–Crippen MR) is 116 cm³/mol. The molecule has 0 N–H and O–H groups in total. The molecular formula is C23H33NO6S. The summed E-state index contributed by atoms with van der Waals surface area (Å²) in [5.41, 5.74) is -0.606. The van der Waals surface area contributed by atoms with Gasteiger partial charge in [-0.25, -0.2) is 13.2 Å². The lowest BCUT2D eigenvalue weighted by Gasteiger charge is -2.48. The van der Waals surface area contributed by atoms with Crippen LogP contribution in [0.4, 0.5) is 4.79 Å². The summed E-state index contributed by atoms with van der Waals surface area (Å²) in [4.78, 5) is 27.0. The molecule has 0 radical (unpaired) electrons. The zero-order chi connectivity index (χ0) is 22.9. The minimum atomic E-state index is -3.89. The van der Waals surface area contributed by atoms with Crippen LogP contribution in [-0.4, -0.2) is 55.9 Å². The van der Waals surface area contributed by atoms with Gasteiger partial charge in [-0.3, -0.25) is 4.79 Å². The van der Waals surface area contributed by atoms with Gasteiger partial charge in [0, 0.05) is 13.1 Å². The smallest absolute Gasteiger partial charge is 0.410 e. The molecule has 0 aromatic heterocycles. The zero-order valence-corrected chi connectivity index (χ0v) is 19.7. The molecule has 8 heteroatoms. The first kappa shape index (κ1) is 23.6. The number of sulfone groups is 1. The Morgan fingerprint density at radius 1 is 0.935 bits per heavy atom. The number of rotatable bonds is 3.